The lowest BCUT2D eigenvalue weighted by molar-refractivity contribution is 0.155. The molecule has 5 nitrogen and oxygen atoms in total. The van der Waals surface area contributed by atoms with Crippen molar-refractivity contribution in [2.75, 3.05) is 20.6 Å². The van der Waals surface area contributed by atoms with E-state index in [-0.39, 0.29) is 12.1 Å². The van der Waals surface area contributed by atoms with Gasteiger partial charge in [-0.2, -0.15) is 0 Å². The van der Waals surface area contributed by atoms with Crippen LogP contribution in [0.25, 0.3) is 0 Å². The summed E-state index contributed by atoms with van der Waals surface area (Å²) < 4.78 is 6.03. The summed E-state index contributed by atoms with van der Waals surface area (Å²) in [5, 5.41) is 5.88. The van der Waals surface area contributed by atoms with Crippen molar-refractivity contribution in [3.05, 3.63) is 29.8 Å². The van der Waals surface area contributed by atoms with Gasteiger partial charge in [-0.15, -0.1) is 0 Å². The number of hydrogen-bond donors (Lipinski definition) is 2. The minimum atomic E-state index is -0.117. The summed E-state index contributed by atoms with van der Waals surface area (Å²) in [6.45, 7) is 3.51. The van der Waals surface area contributed by atoms with Crippen LogP contribution >= 0.6 is 0 Å². The van der Waals surface area contributed by atoms with Crippen LogP contribution in [0.4, 0.5) is 4.79 Å². The molecule has 0 radical (unpaired) electrons. The number of carbonyl (C=O) groups excluding carboxylic acids is 1. The van der Waals surface area contributed by atoms with Crippen molar-refractivity contribution in [2.24, 2.45) is 0 Å². The van der Waals surface area contributed by atoms with E-state index in [0.29, 0.717) is 12.6 Å². The van der Waals surface area contributed by atoms with Gasteiger partial charge in [-0.1, -0.05) is 18.6 Å². The van der Waals surface area contributed by atoms with Gasteiger partial charge >= 0.3 is 6.03 Å². The number of benzene rings is 1. The Hall–Kier alpha value is -1.75. The average molecular weight is 348 g/mol. The Morgan fingerprint density at radius 3 is 2.52 bits per heavy atom. The molecule has 1 aliphatic carbocycles. The highest BCUT2D eigenvalue weighted by Crippen LogP contribution is 2.23. The average Bonchev–Trinajstić information content (AvgIpc) is 2.60. The molecule has 5 heteroatoms. The predicted molar refractivity (Wildman–Crippen MR) is 102 cm³/mol. The maximum atomic E-state index is 11.9. The first kappa shape index (κ1) is 19.6. The third-order valence-electron chi connectivity index (χ3n) is 4.62. The molecule has 2 rings (SSSR count). The maximum absolute atomic E-state index is 11.9. The molecule has 0 aliphatic heterocycles. The summed E-state index contributed by atoms with van der Waals surface area (Å²) in [6.07, 6.45) is 7.51. The molecular weight excluding hydrogens is 314 g/mol. The van der Waals surface area contributed by atoms with Crippen LogP contribution in [0.3, 0.4) is 0 Å². The largest absolute Gasteiger partial charge is 0.490 e. The normalized spacial score (nSPS) is 16.5. The van der Waals surface area contributed by atoms with E-state index in [4.69, 9.17) is 4.74 Å². The molecule has 1 unspecified atom stereocenters. The van der Waals surface area contributed by atoms with Crippen LogP contribution in [0, 0.1) is 0 Å². The van der Waals surface area contributed by atoms with Crippen LogP contribution in [0.15, 0.2) is 24.3 Å². The van der Waals surface area contributed by atoms with E-state index in [0.717, 1.165) is 37.1 Å². The molecule has 1 aliphatic rings. The number of amides is 2. The van der Waals surface area contributed by atoms with Crippen molar-refractivity contribution in [1.82, 2.24) is 15.5 Å². The van der Waals surface area contributed by atoms with Gasteiger partial charge in [-0.25, -0.2) is 4.79 Å². The zero-order valence-electron chi connectivity index (χ0n) is 15.9. The van der Waals surface area contributed by atoms with Crippen molar-refractivity contribution in [3.8, 4) is 5.75 Å². The third kappa shape index (κ3) is 7.78. The number of nitrogens with zero attached hydrogens (tertiary/aromatic N) is 1. The first-order valence-electron chi connectivity index (χ1n) is 9.47. The van der Waals surface area contributed by atoms with Gasteiger partial charge in [0.25, 0.3) is 0 Å². The van der Waals surface area contributed by atoms with E-state index < -0.39 is 0 Å². The smallest absolute Gasteiger partial charge is 0.315 e. The van der Waals surface area contributed by atoms with E-state index in [2.05, 4.69) is 15.5 Å². The number of urea groups is 1. The molecule has 1 atom stereocenters. The highest BCUT2D eigenvalue weighted by molar-refractivity contribution is 5.74. The van der Waals surface area contributed by atoms with Crippen LogP contribution in [-0.2, 0) is 6.54 Å². The number of hydrogen-bond acceptors (Lipinski definition) is 3. The van der Waals surface area contributed by atoms with Crippen molar-refractivity contribution < 1.29 is 9.53 Å². The quantitative estimate of drug-likeness (QED) is 0.756. The fraction of sp³-hybridized carbons (Fsp3) is 0.650. The van der Waals surface area contributed by atoms with Gasteiger partial charge < -0.3 is 20.3 Å². The Morgan fingerprint density at radius 1 is 1.20 bits per heavy atom. The van der Waals surface area contributed by atoms with Crippen LogP contribution in [0.2, 0.25) is 0 Å². The van der Waals surface area contributed by atoms with Crippen molar-refractivity contribution in [3.63, 3.8) is 0 Å². The van der Waals surface area contributed by atoms with Crippen molar-refractivity contribution >= 4 is 6.03 Å². The zero-order chi connectivity index (χ0) is 18.1. The molecule has 1 aromatic carbocycles. The third-order valence-corrected chi connectivity index (χ3v) is 4.62. The SMILES string of the molecule is CC(CCN(C)C)NC(=O)NCc1ccc(OC2CCCCC2)cc1. The lowest BCUT2D eigenvalue weighted by Crippen LogP contribution is -2.41. The minimum absolute atomic E-state index is 0.117. The molecule has 25 heavy (non-hydrogen) atoms. The Kier molecular flexibility index (Phi) is 8.06. The van der Waals surface area contributed by atoms with Crippen LogP contribution < -0.4 is 15.4 Å². The lowest BCUT2D eigenvalue weighted by Gasteiger charge is -2.23. The summed E-state index contributed by atoms with van der Waals surface area (Å²) in [5.74, 6) is 0.928. The van der Waals surface area contributed by atoms with Gasteiger partial charge in [0, 0.05) is 12.6 Å². The number of carbonyl (C=O) groups is 1. The van der Waals surface area contributed by atoms with Gasteiger partial charge in [-0.05, 0) is 77.4 Å². The fourth-order valence-corrected chi connectivity index (χ4v) is 3.04. The molecule has 1 fully saturated rings. The van der Waals surface area contributed by atoms with Crippen LogP contribution in [-0.4, -0.2) is 43.7 Å². The van der Waals surface area contributed by atoms with Crippen molar-refractivity contribution in [1.29, 1.82) is 0 Å². The molecule has 0 spiro atoms. The van der Waals surface area contributed by atoms with Gasteiger partial charge in [0.1, 0.15) is 5.75 Å². The molecule has 0 saturated heterocycles. The Balaban J connectivity index is 1.69. The van der Waals surface area contributed by atoms with Crippen LogP contribution in [0.1, 0.15) is 51.0 Å². The van der Waals surface area contributed by atoms with Crippen LogP contribution in [0.5, 0.6) is 5.75 Å². The Bertz CT molecular complexity index is 510. The summed E-state index contributed by atoms with van der Waals surface area (Å²) in [7, 11) is 4.07. The summed E-state index contributed by atoms with van der Waals surface area (Å²) in [6, 6.07) is 8.09. The van der Waals surface area contributed by atoms with E-state index in [9.17, 15) is 4.79 Å². The molecule has 0 bridgehead atoms. The molecule has 2 N–H and O–H groups in total. The predicted octanol–water partition coefficient (Wildman–Crippen LogP) is 3.54. The van der Waals surface area contributed by atoms with E-state index in [1.807, 2.05) is 45.3 Å². The first-order valence-corrected chi connectivity index (χ1v) is 9.47. The first-order chi connectivity index (χ1) is 12.0. The Morgan fingerprint density at radius 2 is 1.88 bits per heavy atom. The fourth-order valence-electron chi connectivity index (χ4n) is 3.04. The number of rotatable bonds is 8. The summed E-state index contributed by atoms with van der Waals surface area (Å²) >= 11 is 0. The molecule has 0 aromatic heterocycles. The van der Waals surface area contributed by atoms with E-state index in [1.54, 1.807) is 0 Å². The maximum Gasteiger partial charge on any atom is 0.315 e. The number of ether oxygens (including phenoxy) is 1. The summed E-state index contributed by atoms with van der Waals surface area (Å²) in [4.78, 5) is 14.1. The molecule has 0 heterocycles. The topological polar surface area (TPSA) is 53.6 Å². The highest BCUT2D eigenvalue weighted by Gasteiger charge is 2.14. The Labute approximate surface area is 152 Å². The molecule has 140 valence electrons. The summed E-state index contributed by atoms with van der Waals surface area (Å²) in [5.41, 5.74) is 1.08. The van der Waals surface area contributed by atoms with E-state index in [1.165, 1.54) is 19.3 Å². The number of nitrogens with one attached hydrogen (secondary N) is 2. The molecule has 1 aromatic rings. The lowest BCUT2D eigenvalue weighted by atomic mass is 9.98. The second-order valence-electron chi connectivity index (χ2n) is 7.34. The monoisotopic (exact) mass is 347 g/mol. The highest BCUT2D eigenvalue weighted by atomic mass is 16.5. The molecule has 2 amide bonds. The molecule has 1 saturated carbocycles. The van der Waals surface area contributed by atoms with Gasteiger partial charge in [-0.3, -0.25) is 0 Å². The standard InChI is InChI=1S/C20H33N3O2/c1-16(13-14-23(2)3)22-20(24)21-15-17-9-11-19(12-10-17)25-18-7-5-4-6-8-18/h9-12,16,18H,4-8,13-15H2,1-3H3,(H2,21,22,24). The second-order valence-corrected chi connectivity index (χ2v) is 7.34. The van der Waals surface area contributed by atoms with E-state index >= 15 is 0 Å². The molecular formula is C20H33N3O2. The van der Waals surface area contributed by atoms with Crippen molar-refractivity contribution in [2.45, 2.75) is 64.1 Å². The van der Waals surface area contributed by atoms with Gasteiger partial charge in [0.15, 0.2) is 0 Å². The second kappa shape index (κ2) is 10.3. The zero-order valence-corrected chi connectivity index (χ0v) is 15.9. The van der Waals surface area contributed by atoms with Gasteiger partial charge in [0.05, 0.1) is 6.10 Å². The minimum Gasteiger partial charge on any atom is -0.490 e. The van der Waals surface area contributed by atoms with Gasteiger partial charge in [0.2, 0.25) is 0 Å².